The molecule has 0 aromatic rings. The Bertz CT molecular complexity index is 149. The van der Waals surface area contributed by atoms with E-state index in [0.717, 1.165) is 13.2 Å². The second-order valence-electron chi connectivity index (χ2n) is 5.39. The highest BCUT2D eigenvalue weighted by Gasteiger charge is 2.11. The van der Waals surface area contributed by atoms with Crippen molar-refractivity contribution < 1.29 is 4.74 Å². The fourth-order valence-electron chi connectivity index (χ4n) is 2.29. The molecule has 0 fully saturated rings. The molecule has 2 nitrogen and oxygen atoms in total. The lowest BCUT2D eigenvalue weighted by atomic mass is 10.1. The van der Waals surface area contributed by atoms with Gasteiger partial charge in [0.05, 0.1) is 0 Å². The lowest BCUT2D eigenvalue weighted by Gasteiger charge is -2.30. The number of unbranched alkanes of at least 4 members (excludes halogenated alkanes) is 4. The van der Waals surface area contributed by atoms with Gasteiger partial charge in [0.1, 0.15) is 0 Å². The molecule has 0 rings (SSSR count). The molecule has 0 radical (unpaired) electrons. The van der Waals surface area contributed by atoms with Gasteiger partial charge in [-0.3, -0.25) is 4.90 Å². The average Bonchev–Trinajstić information content (AvgIpc) is 2.26. The Morgan fingerprint density at radius 3 is 1.88 bits per heavy atom. The molecule has 0 N–H and O–H groups in total. The molecule has 0 bridgehead atoms. The van der Waals surface area contributed by atoms with Gasteiger partial charge < -0.3 is 4.74 Å². The summed E-state index contributed by atoms with van der Waals surface area (Å²) < 4.78 is 5.33. The first kappa shape index (κ1) is 16.9. The van der Waals surface area contributed by atoms with Gasteiger partial charge in [-0.1, -0.05) is 19.3 Å². The second-order valence-corrected chi connectivity index (χ2v) is 5.39. The summed E-state index contributed by atoms with van der Waals surface area (Å²) in [6.45, 7) is 14.3. The van der Waals surface area contributed by atoms with Gasteiger partial charge in [-0.15, -0.1) is 0 Å². The molecule has 0 spiro atoms. The van der Waals surface area contributed by atoms with E-state index in [2.05, 4.69) is 39.5 Å². The molecular weight excluding hydrogens is 210 g/mol. The molecule has 0 aliphatic rings. The number of rotatable bonds is 11. The fourth-order valence-corrected chi connectivity index (χ4v) is 2.29. The monoisotopic (exact) mass is 243 g/mol. The summed E-state index contributed by atoms with van der Waals surface area (Å²) in [7, 11) is 0. The summed E-state index contributed by atoms with van der Waals surface area (Å²) in [5.74, 6) is 0. The summed E-state index contributed by atoms with van der Waals surface area (Å²) in [4.78, 5) is 2.58. The van der Waals surface area contributed by atoms with Crippen LogP contribution in [0.15, 0.2) is 0 Å². The van der Waals surface area contributed by atoms with Crippen molar-refractivity contribution >= 4 is 0 Å². The van der Waals surface area contributed by atoms with Gasteiger partial charge in [0, 0.05) is 25.3 Å². The van der Waals surface area contributed by atoms with Crippen LogP contribution in [0.5, 0.6) is 0 Å². The Labute approximate surface area is 109 Å². The van der Waals surface area contributed by atoms with Gasteiger partial charge in [0.2, 0.25) is 0 Å². The Morgan fingerprint density at radius 2 is 1.35 bits per heavy atom. The molecule has 0 saturated heterocycles. The molecule has 2 heteroatoms. The van der Waals surface area contributed by atoms with Crippen molar-refractivity contribution in [3.63, 3.8) is 0 Å². The molecule has 104 valence electrons. The van der Waals surface area contributed by atoms with Crippen LogP contribution in [0.1, 0.15) is 66.7 Å². The predicted octanol–water partition coefficient (Wildman–Crippen LogP) is 4.09. The van der Waals surface area contributed by atoms with Crippen molar-refractivity contribution in [2.45, 2.75) is 78.8 Å². The van der Waals surface area contributed by atoms with Crippen molar-refractivity contribution in [3.8, 4) is 0 Å². The fraction of sp³-hybridized carbons (Fsp3) is 1.00. The minimum absolute atomic E-state index is 0.674. The minimum Gasteiger partial charge on any atom is -0.382 e. The third-order valence-electron chi connectivity index (χ3n) is 3.24. The van der Waals surface area contributed by atoms with Gasteiger partial charge >= 0.3 is 0 Å². The predicted molar refractivity (Wildman–Crippen MR) is 76.6 cm³/mol. The molecule has 0 saturated carbocycles. The van der Waals surface area contributed by atoms with E-state index in [0.29, 0.717) is 12.1 Å². The Balaban J connectivity index is 3.37. The van der Waals surface area contributed by atoms with E-state index >= 15 is 0 Å². The Kier molecular flexibility index (Phi) is 11.0. The highest BCUT2D eigenvalue weighted by molar-refractivity contribution is 4.66. The molecule has 0 aliphatic heterocycles. The smallest absolute Gasteiger partial charge is 0.0465 e. The van der Waals surface area contributed by atoms with Gasteiger partial charge in [0.15, 0.2) is 0 Å². The van der Waals surface area contributed by atoms with Gasteiger partial charge in [0.25, 0.3) is 0 Å². The quantitative estimate of drug-likeness (QED) is 0.507. The molecule has 0 heterocycles. The zero-order chi connectivity index (χ0) is 13.1. The minimum atomic E-state index is 0.674. The van der Waals surface area contributed by atoms with E-state index in [9.17, 15) is 0 Å². The van der Waals surface area contributed by atoms with Crippen LogP contribution in [0.25, 0.3) is 0 Å². The van der Waals surface area contributed by atoms with Crippen LogP contribution in [0.4, 0.5) is 0 Å². The normalized spacial score (nSPS) is 12.0. The van der Waals surface area contributed by atoms with Crippen molar-refractivity contribution in [2.75, 3.05) is 19.8 Å². The first-order valence-corrected chi connectivity index (χ1v) is 7.43. The Hall–Kier alpha value is -0.0800. The number of hydrogen-bond acceptors (Lipinski definition) is 2. The molecule has 0 atom stereocenters. The Morgan fingerprint density at radius 1 is 0.824 bits per heavy atom. The molecule has 0 amide bonds. The first-order chi connectivity index (χ1) is 8.09. The number of ether oxygens (including phenoxy) is 1. The largest absolute Gasteiger partial charge is 0.382 e. The van der Waals surface area contributed by atoms with Crippen molar-refractivity contribution in [2.24, 2.45) is 0 Å². The first-order valence-electron chi connectivity index (χ1n) is 7.43. The topological polar surface area (TPSA) is 12.5 Å². The van der Waals surface area contributed by atoms with Crippen molar-refractivity contribution in [1.29, 1.82) is 0 Å². The standard InChI is InChI=1S/C15H33NO/c1-6-17-13-11-9-7-8-10-12-16(14(2)3)15(4)5/h14-15H,6-13H2,1-5H3. The highest BCUT2D eigenvalue weighted by atomic mass is 16.5. The van der Waals surface area contributed by atoms with Crippen LogP contribution in [0.3, 0.4) is 0 Å². The summed E-state index contributed by atoms with van der Waals surface area (Å²) in [5.41, 5.74) is 0. The SMILES string of the molecule is CCOCCCCCCCN(C(C)C)C(C)C. The lowest BCUT2D eigenvalue weighted by Crippen LogP contribution is -2.37. The van der Waals surface area contributed by atoms with E-state index in [4.69, 9.17) is 4.74 Å². The third-order valence-corrected chi connectivity index (χ3v) is 3.24. The zero-order valence-electron chi connectivity index (χ0n) is 12.7. The van der Waals surface area contributed by atoms with Crippen LogP contribution in [0.2, 0.25) is 0 Å². The number of nitrogens with zero attached hydrogens (tertiary/aromatic N) is 1. The van der Waals surface area contributed by atoms with Gasteiger partial charge in [-0.2, -0.15) is 0 Å². The van der Waals surface area contributed by atoms with Gasteiger partial charge in [-0.05, 0) is 54.0 Å². The van der Waals surface area contributed by atoms with Crippen LogP contribution in [0, 0.1) is 0 Å². The van der Waals surface area contributed by atoms with E-state index in [1.807, 2.05) is 0 Å². The van der Waals surface area contributed by atoms with Gasteiger partial charge in [-0.25, -0.2) is 0 Å². The summed E-state index contributed by atoms with van der Waals surface area (Å²) in [6, 6.07) is 1.35. The zero-order valence-corrected chi connectivity index (χ0v) is 12.7. The third kappa shape index (κ3) is 9.61. The van der Waals surface area contributed by atoms with E-state index in [-0.39, 0.29) is 0 Å². The molecule has 0 aromatic heterocycles. The molecule has 17 heavy (non-hydrogen) atoms. The highest BCUT2D eigenvalue weighted by Crippen LogP contribution is 2.09. The average molecular weight is 243 g/mol. The summed E-state index contributed by atoms with van der Waals surface area (Å²) in [5, 5.41) is 0. The van der Waals surface area contributed by atoms with Crippen LogP contribution >= 0.6 is 0 Å². The molecule has 0 aromatic carbocycles. The van der Waals surface area contributed by atoms with Crippen LogP contribution < -0.4 is 0 Å². The van der Waals surface area contributed by atoms with Crippen molar-refractivity contribution in [3.05, 3.63) is 0 Å². The van der Waals surface area contributed by atoms with Crippen LogP contribution in [-0.4, -0.2) is 36.7 Å². The van der Waals surface area contributed by atoms with E-state index in [1.54, 1.807) is 0 Å². The van der Waals surface area contributed by atoms with E-state index in [1.165, 1.54) is 38.6 Å². The maximum Gasteiger partial charge on any atom is 0.0465 e. The molecule has 0 unspecified atom stereocenters. The maximum atomic E-state index is 5.33. The second kappa shape index (κ2) is 11.0. The van der Waals surface area contributed by atoms with Crippen molar-refractivity contribution in [1.82, 2.24) is 4.90 Å². The summed E-state index contributed by atoms with van der Waals surface area (Å²) >= 11 is 0. The lowest BCUT2D eigenvalue weighted by molar-refractivity contribution is 0.142. The maximum absolute atomic E-state index is 5.33. The molecule has 0 aliphatic carbocycles. The molecular formula is C15H33NO. The summed E-state index contributed by atoms with van der Waals surface area (Å²) in [6.07, 6.45) is 6.61. The van der Waals surface area contributed by atoms with Crippen LogP contribution in [-0.2, 0) is 4.74 Å². The van der Waals surface area contributed by atoms with E-state index < -0.39 is 0 Å². The number of hydrogen-bond donors (Lipinski definition) is 0.